The summed E-state index contributed by atoms with van der Waals surface area (Å²) < 4.78 is 79.1. The molecule has 1 rings (SSSR count). The van der Waals surface area contributed by atoms with Crippen LogP contribution in [0.25, 0.3) is 0 Å². The largest absolute Gasteiger partial charge is 0.414 e. The number of aliphatic hydroxyl groups is 1. The van der Waals surface area contributed by atoms with Gasteiger partial charge in [0.25, 0.3) is 0 Å². The summed E-state index contributed by atoms with van der Waals surface area (Å²) in [7, 11) is 5.65. The average Bonchev–Trinajstić information content (AvgIpc) is 2.64. The van der Waals surface area contributed by atoms with Crippen molar-refractivity contribution in [3.05, 3.63) is 23.8 Å². The zero-order chi connectivity index (χ0) is 27.6. The van der Waals surface area contributed by atoms with Crippen molar-refractivity contribution < 1.29 is 36.5 Å². The quantitative estimate of drug-likeness (QED) is 0.772. The van der Waals surface area contributed by atoms with Crippen LogP contribution in [0.5, 0.6) is 11.5 Å². The number of hydrogen-bond donors (Lipinski definition) is 2. The maximum Gasteiger partial charge on any atom is 0.414 e. The van der Waals surface area contributed by atoms with E-state index in [0.717, 1.165) is 9.80 Å². The number of rotatable bonds is 5. The third-order valence-corrected chi connectivity index (χ3v) is 2.99. The predicted octanol–water partition coefficient (Wildman–Crippen LogP) is 2.65. The Kier molecular flexibility index (Phi) is 5.06. The van der Waals surface area contributed by atoms with Gasteiger partial charge in [-0.15, -0.1) is 12.4 Å². The average molecular weight is 413 g/mol. The Balaban J connectivity index is 0.0000122. The molecule has 2 amide bonds. The first kappa shape index (κ1) is 13.2. The lowest BCUT2D eigenvalue weighted by molar-refractivity contribution is 0.159. The molecule has 27 heavy (non-hydrogen) atoms. The van der Waals surface area contributed by atoms with Crippen LogP contribution in [0.4, 0.5) is 9.59 Å². The molecule has 1 aromatic rings. The molecule has 1 aromatic carbocycles. The van der Waals surface area contributed by atoms with E-state index in [4.69, 9.17) is 21.8 Å². The molecule has 0 aliphatic carbocycles. The molecule has 0 bridgehead atoms. The zero-order valence-corrected chi connectivity index (χ0v) is 16.2. The first-order valence-corrected chi connectivity index (χ1v) is 7.50. The topological polar surface area (TPSA) is 91.3 Å². The zero-order valence-electron chi connectivity index (χ0n) is 24.4. The number of nitrogens with zero attached hydrogens (tertiary/aromatic N) is 2. The molecular formula is C18H30ClN3O5. The lowest BCUT2D eigenvalue weighted by Gasteiger charge is -2.23. The summed E-state index contributed by atoms with van der Waals surface area (Å²) in [5.74, 6) is -0.314. The second-order valence-corrected chi connectivity index (χ2v) is 5.91. The molecule has 0 aliphatic rings. The van der Waals surface area contributed by atoms with Gasteiger partial charge in [-0.25, -0.2) is 9.59 Å². The van der Waals surface area contributed by atoms with Crippen LogP contribution in [0.3, 0.4) is 0 Å². The van der Waals surface area contributed by atoms with Gasteiger partial charge in [-0.3, -0.25) is 0 Å². The van der Waals surface area contributed by atoms with E-state index in [-0.39, 0.29) is 29.5 Å². The molecule has 0 saturated heterocycles. The van der Waals surface area contributed by atoms with Crippen LogP contribution < -0.4 is 14.8 Å². The Hall–Kier alpha value is -2.03. The van der Waals surface area contributed by atoms with Crippen LogP contribution in [0.15, 0.2) is 18.2 Å². The Morgan fingerprint density at radius 1 is 1.07 bits per heavy atom. The number of carbonyl (C=O) groups is 2. The summed E-state index contributed by atoms with van der Waals surface area (Å²) in [6.07, 6.45) is -3.30. The number of halogens is 1. The van der Waals surface area contributed by atoms with E-state index in [1.54, 1.807) is 0 Å². The van der Waals surface area contributed by atoms with Gasteiger partial charge in [0.05, 0.1) is 6.10 Å². The maximum absolute atomic E-state index is 11.9. The summed E-state index contributed by atoms with van der Waals surface area (Å²) in [5.41, 5.74) is -3.44. The first-order valence-electron chi connectivity index (χ1n) is 12.0. The Bertz CT molecular complexity index is 845. The Morgan fingerprint density at radius 3 is 1.89 bits per heavy atom. The normalized spacial score (nSPS) is 18.2. The predicted molar refractivity (Wildman–Crippen MR) is 106 cm³/mol. The third-order valence-electron chi connectivity index (χ3n) is 2.99. The first-order chi connectivity index (χ1) is 15.6. The van der Waals surface area contributed by atoms with Gasteiger partial charge in [0.1, 0.15) is 11.5 Å². The highest BCUT2D eigenvalue weighted by Crippen LogP contribution is 2.27. The Morgan fingerprint density at radius 2 is 1.52 bits per heavy atom. The highest BCUT2D eigenvalue weighted by Gasteiger charge is 2.18. The molecular weight excluding hydrogens is 374 g/mol. The number of carbonyl (C=O) groups excluding carboxylic acids is 2. The number of β-amino-alcohol motifs (C(OH)–C–C–N with tert-alkyl or cyclic N) is 1. The summed E-state index contributed by atoms with van der Waals surface area (Å²) >= 11 is 0. The lowest BCUT2D eigenvalue weighted by atomic mass is 10.1. The number of hydrogen-bond acceptors (Lipinski definition) is 6. The maximum atomic E-state index is 11.9. The second-order valence-electron chi connectivity index (χ2n) is 5.91. The van der Waals surface area contributed by atoms with E-state index in [9.17, 15) is 14.7 Å². The molecule has 0 aromatic heterocycles. The summed E-state index contributed by atoms with van der Waals surface area (Å²) in [4.78, 5) is 26.1. The van der Waals surface area contributed by atoms with Crippen molar-refractivity contribution >= 4 is 24.6 Å². The van der Waals surface area contributed by atoms with E-state index < -0.39 is 50.9 Å². The second kappa shape index (κ2) is 10.3. The number of nitrogens with one attached hydrogen (secondary N) is 1. The standard InChI is InChI=1S/C18H29N3O5.ClH/c1-18(2,3)19-11-15(22)12-8-13(25-16(23)20(4)5)10-14(9-12)26-17(24)21(6)7;/h8-10,15,19,22H,11H2,1-7H3;1H/i1D3,2D3,3D3;. The fourth-order valence-corrected chi connectivity index (χ4v) is 1.66. The summed E-state index contributed by atoms with van der Waals surface area (Å²) in [6, 6.07) is 3.52. The minimum absolute atomic E-state index is 0. The molecule has 0 heterocycles. The molecule has 1 atom stereocenters. The molecule has 0 spiro atoms. The molecule has 8 nitrogen and oxygen atoms in total. The van der Waals surface area contributed by atoms with Crippen molar-refractivity contribution in [3.63, 3.8) is 0 Å². The van der Waals surface area contributed by atoms with Crippen molar-refractivity contribution in [1.29, 1.82) is 0 Å². The summed E-state index contributed by atoms with van der Waals surface area (Å²) in [5, 5.41) is 12.7. The Labute approximate surface area is 179 Å². The molecule has 9 heteroatoms. The SMILES string of the molecule is Cl.[2H]C([2H])([2H])C(NCC(O)c1cc(OC(=O)N(C)C)cc(OC(=O)N(C)C)c1)(C([2H])([2H])[2H])C([2H])([2H])[2H]. The van der Waals surface area contributed by atoms with Crippen molar-refractivity contribution in [3.8, 4) is 11.5 Å². The van der Waals surface area contributed by atoms with Crippen LogP contribution in [0.2, 0.25) is 0 Å². The number of ether oxygens (including phenoxy) is 2. The van der Waals surface area contributed by atoms with Crippen LogP contribution in [-0.4, -0.2) is 67.4 Å². The number of aliphatic hydroxyl groups excluding tert-OH is 1. The molecule has 1 unspecified atom stereocenters. The minimum Gasteiger partial charge on any atom is -0.410 e. The molecule has 0 fully saturated rings. The molecule has 0 aliphatic heterocycles. The monoisotopic (exact) mass is 412 g/mol. The van der Waals surface area contributed by atoms with Crippen molar-refractivity contribution in [1.82, 2.24) is 15.1 Å². The lowest BCUT2D eigenvalue weighted by Crippen LogP contribution is -2.38. The van der Waals surface area contributed by atoms with Gasteiger partial charge in [0.2, 0.25) is 0 Å². The third kappa shape index (κ3) is 8.94. The van der Waals surface area contributed by atoms with E-state index in [2.05, 4.69) is 0 Å². The van der Waals surface area contributed by atoms with Gasteiger partial charge >= 0.3 is 12.2 Å². The van der Waals surface area contributed by atoms with Gasteiger partial charge in [-0.05, 0) is 38.3 Å². The summed E-state index contributed by atoms with van der Waals surface area (Å²) in [6.45, 7) is -11.4. The van der Waals surface area contributed by atoms with Gasteiger partial charge in [0, 0.05) is 58.7 Å². The van der Waals surface area contributed by atoms with E-state index >= 15 is 0 Å². The van der Waals surface area contributed by atoms with Crippen LogP contribution in [0.1, 0.15) is 44.6 Å². The van der Waals surface area contributed by atoms with Crippen LogP contribution >= 0.6 is 12.4 Å². The van der Waals surface area contributed by atoms with Crippen molar-refractivity contribution in [2.75, 3.05) is 34.7 Å². The van der Waals surface area contributed by atoms with Crippen molar-refractivity contribution in [2.24, 2.45) is 0 Å². The van der Waals surface area contributed by atoms with E-state index in [1.807, 2.05) is 5.32 Å². The van der Waals surface area contributed by atoms with Crippen LogP contribution in [-0.2, 0) is 0 Å². The fraction of sp³-hybridized carbons (Fsp3) is 0.556. The molecule has 0 saturated carbocycles. The highest BCUT2D eigenvalue weighted by atomic mass is 35.5. The van der Waals surface area contributed by atoms with Crippen molar-refractivity contribution in [2.45, 2.75) is 32.2 Å². The number of amides is 2. The van der Waals surface area contributed by atoms with Gasteiger partial charge < -0.3 is 29.7 Å². The number of benzene rings is 1. The van der Waals surface area contributed by atoms with Gasteiger partial charge in [-0.2, -0.15) is 0 Å². The smallest absolute Gasteiger partial charge is 0.410 e. The van der Waals surface area contributed by atoms with E-state index in [1.165, 1.54) is 46.4 Å². The highest BCUT2D eigenvalue weighted by molar-refractivity contribution is 5.85. The molecule has 2 N–H and O–H groups in total. The van der Waals surface area contributed by atoms with E-state index in [0.29, 0.717) is 0 Å². The minimum atomic E-state index is -3.52. The van der Waals surface area contributed by atoms with Gasteiger partial charge in [0.15, 0.2) is 0 Å². The fourth-order valence-electron chi connectivity index (χ4n) is 1.66. The molecule has 0 radical (unpaired) electrons. The van der Waals surface area contributed by atoms with Gasteiger partial charge in [-0.1, -0.05) is 0 Å². The molecule has 154 valence electrons. The van der Waals surface area contributed by atoms with Crippen LogP contribution in [0, 0.1) is 0 Å².